The highest BCUT2D eigenvalue weighted by Gasteiger charge is 2.29. The first kappa shape index (κ1) is 17.8. The molecule has 0 saturated carbocycles. The van der Waals surface area contributed by atoms with Crippen molar-refractivity contribution in [2.75, 3.05) is 0 Å². The van der Waals surface area contributed by atoms with Crippen molar-refractivity contribution in [1.29, 1.82) is 0 Å². The number of hydrogen-bond acceptors (Lipinski definition) is 5. The largest absolute Gasteiger partial charge is 0.453 e. The molecule has 3 aromatic rings. The molecular weight excluding hydrogens is 358 g/mol. The second kappa shape index (κ2) is 7.19. The van der Waals surface area contributed by atoms with Gasteiger partial charge in [0.2, 0.25) is 5.76 Å². The van der Waals surface area contributed by atoms with Gasteiger partial charge >= 0.3 is 12.0 Å². The zero-order chi connectivity index (χ0) is 19.7. The molecule has 0 aliphatic heterocycles. The van der Waals surface area contributed by atoms with Gasteiger partial charge in [-0.05, 0) is 31.2 Å². The zero-order valence-electron chi connectivity index (χ0n) is 15.3. The third-order valence-electron chi connectivity index (χ3n) is 4.76. The molecule has 2 aromatic carbocycles. The molecule has 0 fully saturated rings. The Hall–Kier alpha value is -3.61. The second-order valence-electron chi connectivity index (χ2n) is 6.61. The van der Waals surface area contributed by atoms with Crippen molar-refractivity contribution >= 4 is 28.5 Å². The van der Waals surface area contributed by atoms with E-state index >= 15 is 0 Å². The van der Waals surface area contributed by atoms with Crippen molar-refractivity contribution in [3.63, 3.8) is 0 Å². The molecule has 3 N–H and O–H groups in total. The number of carbonyl (C=O) groups excluding carboxylic acids is 2. The van der Waals surface area contributed by atoms with Gasteiger partial charge in [0, 0.05) is 22.9 Å². The molecule has 2 amide bonds. The summed E-state index contributed by atoms with van der Waals surface area (Å²) >= 11 is 0. The first-order chi connectivity index (χ1) is 13.5. The fraction of sp³-hybridized carbons (Fsp3) is 0.190. The fourth-order valence-electron chi connectivity index (χ4n) is 3.53. The van der Waals surface area contributed by atoms with Gasteiger partial charge in [0.25, 0.3) is 0 Å². The number of carbonyl (C=O) groups is 2. The predicted octanol–water partition coefficient (Wildman–Crippen LogP) is 3.67. The summed E-state index contributed by atoms with van der Waals surface area (Å²) in [5.41, 5.74) is 9.38. The monoisotopic (exact) mass is 377 g/mol. The normalized spacial score (nSPS) is 14.7. The number of nitrogens with one attached hydrogen (secondary N) is 1. The van der Waals surface area contributed by atoms with Gasteiger partial charge < -0.3 is 14.9 Å². The van der Waals surface area contributed by atoms with Crippen LogP contribution in [-0.2, 0) is 6.42 Å². The average molecular weight is 377 g/mol. The lowest BCUT2D eigenvalue weighted by atomic mass is 9.93. The molecule has 1 heterocycles. The van der Waals surface area contributed by atoms with E-state index in [1.165, 1.54) is 0 Å². The van der Waals surface area contributed by atoms with E-state index in [0.29, 0.717) is 35.6 Å². The van der Waals surface area contributed by atoms with Crippen molar-refractivity contribution in [3.05, 3.63) is 65.1 Å². The number of fused-ring (bicyclic) bond motifs is 2. The van der Waals surface area contributed by atoms with Crippen LogP contribution in [0.25, 0.3) is 10.8 Å². The highest BCUT2D eigenvalue weighted by Crippen LogP contribution is 2.31. The highest BCUT2D eigenvalue weighted by atomic mass is 16.5. The molecule has 0 bridgehead atoms. The third-order valence-corrected chi connectivity index (χ3v) is 4.76. The minimum Gasteiger partial charge on any atom is -0.453 e. The molecule has 1 aromatic heterocycles. The van der Waals surface area contributed by atoms with Gasteiger partial charge in [-0.2, -0.15) is 5.10 Å². The highest BCUT2D eigenvalue weighted by molar-refractivity contribution is 6.06. The Bertz CT molecular complexity index is 1110. The lowest BCUT2D eigenvalue weighted by molar-refractivity contribution is 0.0700. The summed E-state index contributed by atoms with van der Waals surface area (Å²) in [7, 11) is 0. The lowest BCUT2D eigenvalue weighted by Gasteiger charge is -2.13. The number of rotatable bonds is 3. The number of benzene rings is 2. The van der Waals surface area contributed by atoms with Crippen molar-refractivity contribution < 1.29 is 18.7 Å². The van der Waals surface area contributed by atoms with Crippen LogP contribution < -0.4 is 15.9 Å². The van der Waals surface area contributed by atoms with E-state index in [9.17, 15) is 9.59 Å². The molecule has 0 saturated heterocycles. The van der Waals surface area contributed by atoms with Crippen molar-refractivity contribution in [2.45, 2.75) is 26.2 Å². The molecule has 0 spiro atoms. The molecule has 7 nitrogen and oxygen atoms in total. The molecule has 0 atom stereocenters. The molecule has 1 aliphatic rings. The van der Waals surface area contributed by atoms with E-state index in [2.05, 4.69) is 10.5 Å². The van der Waals surface area contributed by atoms with Gasteiger partial charge in [-0.25, -0.2) is 15.0 Å². The quantitative estimate of drug-likeness (QED) is 0.412. The summed E-state index contributed by atoms with van der Waals surface area (Å²) in [5, 5.41) is 5.89. The second-order valence-corrected chi connectivity index (χ2v) is 6.61. The number of aryl methyl sites for hydroxylation is 1. The summed E-state index contributed by atoms with van der Waals surface area (Å²) in [5.74, 6) is 0.719. The maximum absolute atomic E-state index is 12.8. The van der Waals surface area contributed by atoms with Crippen molar-refractivity contribution in [2.24, 2.45) is 10.8 Å². The van der Waals surface area contributed by atoms with Gasteiger partial charge in [-0.1, -0.05) is 36.4 Å². The van der Waals surface area contributed by atoms with E-state index in [4.69, 9.17) is 14.9 Å². The summed E-state index contributed by atoms with van der Waals surface area (Å²) in [6, 6.07) is 12.5. The minimum absolute atomic E-state index is 0.145. The maximum atomic E-state index is 12.8. The lowest BCUT2D eigenvalue weighted by Crippen LogP contribution is -2.27. The van der Waals surface area contributed by atoms with E-state index in [-0.39, 0.29) is 5.76 Å². The number of urea groups is 1. The SMILES string of the molecule is Cc1c(C(=O)Oc2cccc3ccccc23)oc2c1/C(=N/NC(N)=O)CCC2. The predicted molar refractivity (Wildman–Crippen MR) is 105 cm³/mol. The molecule has 7 heteroatoms. The number of ether oxygens (including phenoxy) is 1. The first-order valence-electron chi connectivity index (χ1n) is 8.99. The molecular formula is C21H19N3O4. The molecule has 28 heavy (non-hydrogen) atoms. The Morgan fingerprint density at radius 2 is 1.93 bits per heavy atom. The fourth-order valence-corrected chi connectivity index (χ4v) is 3.53. The molecule has 4 rings (SSSR count). The summed E-state index contributed by atoms with van der Waals surface area (Å²) in [6.07, 6.45) is 2.15. The average Bonchev–Trinajstić information content (AvgIpc) is 3.04. The number of primary amides is 1. The number of nitrogens with zero attached hydrogens (tertiary/aromatic N) is 1. The number of amides is 2. The van der Waals surface area contributed by atoms with Crippen molar-refractivity contribution in [3.8, 4) is 5.75 Å². The van der Waals surface area contributed by atoms with Gasteiger partial charge in [0.1, 0.15) is 11.5 Å². The Morgan fingerprint density at radius 1 is 1.14 bits per heavy atom. The number of nitrogens with two attached hydrogens (primary N) is 1. The van der Waals surface area contributed by atoms with Crippen LogP contribution in [0, 0.1) is 6.92 Å². The van der Waals surface area contributed by atoms with Crippen LogP contribution in [0.15, 0.2) is 52.0 Å². The van der Waals surface area contributed by atoms with Crippen LogP contribution in [0.4, 0.5) is 4.79 Å². The topological polar surface area (TPSA) is 107 Å². The third kappa shape index (κ3) is 3.22. The van der Waals surface area contributed by atoms with E-state index in [1.54, 1.807) is 13.0 Å². The summed E-state index contributed by atoms with van der Waals surface area (Å²) in [4.78, 5) is 23.8. The first-order valence-corrected chi connectivity index (χ1v) is 8.99. The van der Waals surface area contributed by atoms with Gasteiger partial charge in [-0.3, -0.25) is 0 Å². The number of hydrogen-bond donors (Lipinski definition) is 2. The number of furan rings is 1. The Balaban J connectivity index is 1.67. The molecule has 142 valence electrons. The number of esters is 1. The zero-order valence-corrected chi connectivity index (χ0v) is 15.3. The molecule has 0 radical (unpaired) electrons. The van der Waals surface area contributed by atoms with E-state index in [0.717, 1.165) is 22.8 Å². The van der Waals surface area contributed by atoms with Crippen LogP contribution in [0.2, 0.25) is 0 Å². The maximum Gasteiger partial charge on any atom is 0.379 e. The Labute approximate surface area is 161 Å². The van der Waals surface area contributed by atoms with E-state index < -0.39 is 12.0 Å². The Morgan fingerprint density at radius 3 is 2.75 bits per heavy atom. The van der Waals surface area contributed by atoms with Crippen LogP contribution in [0.3, 0.4) is 0 Å². The number of hydrazone groups is 1. The van der Waals surface area contributed by atoms with Gasteiger partial charge in [0.05, 0.1) is 5.71 Å². The van der Waals surface area contributed by atoms with Gasteiger partial charge in [-0.15, -0.1) is 0 Å². The van der Waals surface area contributed by atoms with Crippen molar-refractivity contribution in [1.82, 2.24) is 5.43 Å². The van der Waals surface area contributed by atoms with E-state index in [1.807, 2.05) is 36.4 Å². The molecule has 1 aliphatic carbocycles. The van der Waals surface area contributed by atoms with Crippen LogP contribution in [0.5, 0.6) is 5.75 Å². The van der Waals surface area contributed by atoms with Gasteiger partial charge in [0.15, 0.2) is 0 Å². The van der Waals surface area contributed by atoms with Crippen LogP contribution in [-0.4, -0.2) is 17.7 Å². The minimum atomic E-state index is -0.739. The summed E-state index contributed by atoms with van der Waals surface area (Å²) < 4.78 is 11.5. The smallest absolute Gasteiger partial charge is 0.379 e. The Kier molecular flexibility index (Phi) is 4.57. The standard InChI is InChI=1S/C21H19N3O4/c1-12-18-15(23-24-21(22)26)9-5-11-17(18)27-19(12)20(25)28-16-10-4-7-13-6-2-3-8-14(13)16/h2-4,6-8,10H,5,9,11H2,1H3,(H3,22,24,26)/b23-15+. The van der Waals surface area contributed by atoms with Crippen LogP contribution >= 0.6 is 0 Å². The molecule has 0 unspecified atom stereocenters. The summed E-state index contributed by atoms with van der Waals surface area (Å²) in [6.45, 7) is 1.78. The van der Waals surface area contributed by atoms with Crippen LogP contribution in [0.1, 0.15) is 40.3 Å².